The molecule has 0 unspecified atom stereocenters. The highest BCUT2D eigenvalue weighted by molar-refractivity contribution is 6.04. The maximum absolute atomic E-state index is 13.7. The summed E-state index contributed by atoms with van der Waals surface area (Å²) in [6.07, 6.45) is 2.21. The number of hydrogen-bond acceptors (Lipinski definition) is 7. The number of aryl methyl sites for hydroxylation is 2. The highest BCUT2D eigenvalue weighted by Crippen LogP contribution is 2.39. The zero-order valence-corrected chi connectivity index (χ0v) is 22.5. The van der Waals surface area contributed by atoms with E-state index in [0.29, 0.717) is 31.1 Å². The zero-order chi connectivity index (χ0) is 26.5. The van der Waals surface area contributed by atoms with Gasteiger partial charge in [-0.15, -0.1) is 0 Å². The summed E-state index contributed by atoms with van der Waals surface area (Å²) in [6.45, 7) is 7.78. The van der Waals surface area contributed by atoms with Crippen LogP contribution in [0, 0.1) is 19.8 Å². The van der Waals surface area contributed by atoms with Gasteiger partial charge in [0.25, 0.3) is 5.91 Å². The number of ether oxygens (including phenoxy) is 3. The molecule has 0 N–H and O–H groups in total. The summed E-state index contributed by atoms with van der Waals surface area (Å²) in [4.78, 5) is 28.1. The van der Waals surface area contributed by atoms with Crippen LogP contribution in [0.5, 0.6) is 11.5 Å². The third-order valence-electron chi connectivity index (χ3n) is 7.14. The zero-order valence-electron chi connectivity index (χ0n) is 22.5. The van der Waals surface area contributed by atoms with E-state index >= 15 is 0 Å². The van der Waals surface area contributed by atoms with E-state index in [-0.39, 0.29) is 30.4 Å². The van der Waals surface area contributed by atoms with Crippen LogP contribution in [-0.4, -0.2) is 68.0 Å². The molecule has 2 aliphatic rings. The second-order valence-electron chi connectivity index (χ2n) is 9.76. The standard InChI is InChI=1S/C29H37N3O5/c1-6-37-29(34)21-8-7-13-31(17-21)18-28(33)32-26(24-12-10-22(35-4)15-27(24)36-5)16-25(30-32)23-11-9-19(2)14-20(23)3/h9-12,14-15,21,26H,6-8,13,16-18H2,1-5H3/t21-,26-/m0/s1. The SMILES string of the molecule is CCOC(=O)[C@H]1CCCN(CC(=O)N2N=C(c3ccc(C)cc3C)C[C@H]2c2ccc(OC)cc2OC)C1. The molecule has 8 heteroatoms. The van der Waals surface area contributed by atoms with Crippen molar-refractivity contribution < 1.29 is 23.8 Å². The predicted octanol–water partition coefficient (Wildman–Crippen LogP) is 4.27. The van der Waals surface area contributed by atoms with Gasteiger partial charge >= 0.3 is 5.97 Å². The Morgan fingerprint density at radius 1 is 1.08 bits per heavy atom. The first kappa shape index (κ1) is 26.7. The second kappa shape index (κ2) is 11.8. The van der Waals surface area contributed by atoms with E-state index in [1.165, 1.54) is 5.56 Å². The van der Waals surface area contributed by atoms with Crippen LogP contribution in [0.4, 0.5) is 0 Å². The van der Waals surface area contributed by atoms with Crippen LogP contribution in [-0.2, 0) is 14.3 Å². The first-order valence-corrected chi connectivity index (χ1v) is 12.9. The number of hydrazone groups is 1. The Hall–Kier alpha value is -3.39. The van der Waals surface area contributed by atoms with Crippen LogP contribution in [0.2, 0.25) is 0 Å². The average molecular weight is 508 g/mol. The molecule has 0 spiro atoms. The molecule has 8 nitrogen and oxygen atoms in total. The molecule has 2 atom stereocenters. The lowest BCUT2D eigenvalue weighted by atomic mass is 9.94. The monoisotopic (exact) mass is 507 g/mol. The number of carbonyl (C=O) groups is 2. The van der Waals surface area contributed by atoms with E-state index in [4.69, 9.17) is 19.3 Å². The highest BCUT2D eigenvalue weighted by atomic mass is 16.5. The van der Waals surface area contributed by atoms with Crippen LogP contribution < -0.4 is 9.47 Å². The molecular weight excluding hydrogens is 470 g/mol. The van der Waals surface area contributed by atoms with Gasteiger partial charge < -0.3 is 14.2 Å². The van der Waals surface area contributed by atoms with Gasteiger partial charge in [-0.2, -0.15) is 5.10 Å². The van der Waals surface area contributed by atoms with Crippen molar-refractivity contribution in [3.05, 3.63) is 58.7 Å². The van der Waals surface area contributed by atoms with E-state index in [9.17, 15) is 9.59 Å². The first-order valence-electron chi connectivity index (χ1n) is 12.9. The fourth-order valence-corrected chi connectivity index (χ4v) is 5.29. The van der Waals surface area contributed by atoms with E-state index in [2.05, 4.69) is 32.0 Å². The Morgan fingerprint density at radius 2 is 1.89 bits per heavy atom. The molecule has 2 aromatic carbocycles. The number of amides is 1. The van der Waals surface area contributed by atoms with Gasteiger partial charge in [0.1, 0.15) is 11.5 Å². The van der Waals surface area contributed by atoms with Gasteiger partial charge in [-0.05, 0) is 57.9 Å². The second-order valence-corrected chi connectivity index (χ2v) is 9.76. The topological polar surface area (TPSA) is 80.7 Å². The Kier molecular flexibility index (Phi) is 8.48. The number of nitrogens with zero attached hydrogens (tertiary/aromatic N) is 3. The minimum atomic E-state index is -0.310. The van der Waals surface area contributed by atoms with Gasteiger partial charge in [0.2, 0.25) is 0 Å². The van der Waals surface area contributed by atoms with E-state index in [0.717, 1.165) is 41.8 Å². The van der Waals surface area contributed by atoms with Crippen molar-refractivity contribution in [2.24, 2.45) is 11.0 Å². The number of rotatable bonds is 8. The van der Waals surface area contributed by atoms with Crippen LogP contribution in [0.25, 0.3) is 0 Å². The maximum Gasteiger partial charge on any atom is 0.310 e. The third-order valence-corrected chi connectivity index (χ3v) is 7.14. The highest BCUT2D eigenvalue weighted by Gasteiger charge is 2.37. The van der Waals surface area contributed by atoms with Crippen molar-refractivity contribution >= 4 is 17.6 Å². The van der Waals surface area contributed by atoms with Gasteiger partial charge in [-0.3, -0.25) is 14.5 Å². The molecule has 1 fully saturated rings. The fraction of sp³-hybridized carbons (Fsp3) is 0.483. The molecule has 0 aliphatic carbocycles. The van der Waals surface area contributed by atoms with Gasteiger partial charge in [-0.25, -0.2) is 5.01 Å². The number of methoxy groups -OCH3 is 2. The Labute approximate surface area is 219 Å². The molecule has 4 rings (SSSR count). The summed E-state index contributed by atoms with van der Waals surface area (Å²) in [6, 6.07) is 11.6. The summed E-state index contributed by atoms with van der Waals surface area (Å²) in [7, 11) is 3.23. The largest absolute Gasteiger partial charge is 0.497 e. The van der Waals surface area contributed by atoms with Crippen molar-refractivity contribution in [2.45, 2.75) is 46.1 Å². The lowest BCUT2D eigenvalue weighted by Crippen LogP contribution is -2.44. The maximum atomic E-state index is 13.7. The molecular formula is C29H37N3O5. The predicted molar refractivity (Wildman–Crippen MR) is 142 cm³/mol. The summed E-state index contributed by atoms with van der Waals surface area (Å²) in [5.74, 6) is 0.848. The van der Waals surface area contributed by atoms with Crippen LogP contribution in [0.1, 0.15) is 54.5 Å². The van der Waals surface area contributed by atoms with Gasteiger partial charge in [0, 0.05) is 30.2 Å². The van der Waals surface area contributed by atoms with Crippen molar-refractivity contribution in [1.82, 2.24) is 9.91 Å². The molecule has 198 valence electrons. The van der Waals surface area contributed by atoms with Crippen LogP contribution >= 0.6 is 0 Å². The number of piperidine rings is 1. The lowest BCUT2D eigenvalue weighted by Gasteiger charge is -2.32. The fourth-order valence-electron chi connectivity index (χ4n) is 5.29. The Morgan fingerprint density at radius 3 is 2.59 bits per heavy atom. The molecule has 2 heterocycles. The van der Waals surface area contributed by atoms with E-state index in [1.807, 2.05) is 30.0 Å². The van der Waals surface area contributed by atoms with E-state index in [1.54, 1.807) is 19.2 Å². The Bertz CT molecular complexity index is 1180. The normalized spacial score (nSPS) is 19.9. The number of benzene rings is 2. The minimum absolute atomic E-state index is 0.104. The summed E-state index contributed by atoms with van der Waals surface area (Å²) >= 11 is 0. The third kappa shape index (κ3) is 5.96. The minimum Gasteiger partial charge on any atom is -0.497 e. The molecule has 0 aromatic heterocycles. The number of esters is 1. The molecule has 0 saturated carbocycles. The summed E-state index contributed by atoms with van der Waals surface area (Å²) in [5, 5.41) is 6.47. The van der Waals surface area contributed by atoms with E-state index < -0.39 is 0 Å². The molecule has 1 saturated heterocycles. The Balaban J connectivity index is 1.62. The smallest absolute Gasteiger partial charge is 0.310 e. The molecule has 0 radical (unpaired) electrons. The van der Waals surface area contributed by atoms with Crippen LogP contribution in [0.3, 0.4) is 0 Å². The molecule has 1 amide bonds. The van der Waals surface area contributed by atoms with Gasteiger partial charge in [0.15, 0.2) is 0 Å². The molecule has 2 aromatic rings. The lowest BCUT2D eigenvalue weighted by molar-refractivity contribution is -0.150. The van der Waals surface area contributed by atoms with Gasteiger partial charge in [0.05, 0.1) is 45.0 Å². The van der Waals surface area contributed by atoms with Crippen molar-refractivity contribution in [3.8, 4) is 11.5 Å². The average Bonchev–Trinajstić information content (AvgIpc) is 3.33. The quantitative estimate of drug-likeness (QED) is 0.497. The first-order chi connectivity index (χ1) is 17.8. The molecule has 2 aliphatic heterocycles. The number of likely N-dealkylation sites (tertiary alicyclic amines) is 1. The van der Waals surface area contributed by atoms with Crippen molar-refractivity contribution in [2.75, 3.05) is 40.5 Å². The number of carbonyl (C=O) groups excluding carboxylic acids is 2. The van der Waals surface area contributed by atoms with Crippen LogP contribution in [0.15, 0.2) is 41.5 Å². The van der Waals surface area contributed by atoms with Gasteiger partial charge in [-0.1, -0.05) is 23.8 Å². The summed E-state index contributed by atoms with van der Waals surface area (Å²) in [5.41, 5.74) is 5.10. The number of hydrogen-bond donors (Lipinski definition) is 0. The molecule has 37 heavy (non-hydrogen) atoms. The molecule has 0 bridgehead atoms. The summed E-state index contributed by atoms with van der Waals surface area (Å²) < 4.78 is 16.3. The van der Waals surface area contributed by atoms with Crippen molar-refractivity contribution in [3.63, 3.8) is 0 Å². The van der Waals surface area contributed by atoms with Crippen molar-refractivity contribution in [1.29, 1.82) is 0 Å².